The summed E-state index contributed by atoms with van der Waals surface area (Å²) in [4.78, 5) is 15.0. The van der Waals surface area contributed by atoms with E-state index in [0.717, 1.165) is 43.2 Å². The van der Waals surface area contributed by atoms with Crippen LogP contribution >= 0.6 is 0 Å². The lowest BCUT2D eigenvalue weighted by atomic mass is 9.97. The van der Waals surface area contributed by atoms with E-state index in [1.54, 1.807) is 12.4 Å². The van der Waals surface area contributed by atoms with Crippen molar-refractivity contribution in [1.29, 1.82) is 0 Å². The SMILES string of the molecule is FC(F)(F)c1ccc(N2CCC[C@H](c3nccn3Cc3ccccn3)C2)nc1. The average molecular weight is 387 g/mol. The third-order valence-electron chi connectivity index (χ3n) is 4.99. The molecule has 0 aromatic carbocycles. The van der Waals surface area contributed by atoms with Crippen LogP contribution in [0.15, 0.2) is 55.1 Å². The van der Waals surface area contributed by atoms with Crippen molar-refractivity contribution in [1.82, 2.24) is 19.5 Å². The zero-order valence-corrected chi connectivity index (χ0v) is 15.2. The van der Waals surface area contributed by atoms with Crippen LogP contribution in [0.3, 0.4) is 0 Å². The number of aromatic nitrogens is 4. The maximum Gasteiger partial charge on any atom is 0.417 e. The first-order chi connectivity index (χ1) is 13.5. The molecule has 4 rings (SSSR count). The minimum atomic E-state index is -4.37. The molecule has 8 heteroatoms. The summed E-state index contributed by atoms with van der Waals surface area (Å²) >= 11 is 0. The molecule has 3 aromatic rings. The number of halogens is 3. The molecule has 1 aliphatic heterocycles. The highest BCUT2D eigenvalue weighted by Crippen LogP contribution is 2.32. The molecular formula is C20H20F3N5. The highest BCUT2D eigenvalue weighted by atomic mass is 19.4. The lowest BCUT2D eigenvalue weighted by molar-refractivity contribution is -0.137. The molecule has 1 saturated heterocycles. The minimum absolute atomic E-state index is 0.191. The van der Waals surface area contributed by atoms with Crippen molar-refractivity contribution in [2.75, 3.05) is 18.0 Å². The van der Waals surface area contributed by atoms with Crippen LogP contribution in [0.25, 0.3) is 0 Å². The summed E-state index contributed by atoms with van der Waals surface area (Å²) in [5.41, 5.74) is 0.231. The first-order valence-electron chi connectivity index (χ1n) is 9.20. The van der Waals surface area contributed by atoms with Crippen LogP contribution in [0.5, 0.6) is 0 Å². The second-order valence-electron chi connectivity index (χ2n) is 6.92. The van der Waals surface area contributed by atoms with Crippen LogP contribution in [0, 0.1) is 0 Å². The Morgan fingerprint density at radius 1 is 1.04 bits per heavy atom. The second-order valence-corrected chi connectivity index (χ2v) is 6.92. The fourth-order valence-corrected chi connectivity index (χ4v) is 3.62. The van der Waals surface area contributed by atoms with Gasteiger partial charge in [0.2, 0.25) is 0 Å². The lowest BCUT2D eigenvalue weighted by Gasteiger charge is -2.33. The van der Waals surface area contributed by atoms with Gasteiger partial charge in [-0.2, -0.15) is 13.2 Å². The highest BCUT2D eigenvalue weighted by molar-refractivity contribution is 5.41. The summed E-state index contributed by atoms with van der Waals surface area (Å²) in [7, 11) is 0. The van der Waals surface area contributed by atoms with E-state index in [1.165, 1.54) is 6.07 Å². The van der Waals surface area contributed by atoms with E-state index in [2.05, 4.69) is 19.5 Å². The quantitative estimate of drug-likeness (QED) is 0.676. The molecule has 0 spiro atoms. The van der Waals surface area contributed by atoms with E-state index in [4.69, 9.17) is 0 Å². The van der Waals surface area contributed by atoms with Crippen molar-refractivity contribution >= 4 is 5.82 Å². The lowest BCUT2D eigenvalue weighted by Crippen LogP contribution is -2.36. The fourth-order valence-electron chi connectivity index (χ4n) is 3.62. The van der Waals surface area contributed by atoms with E-state index in [0.29, 0.717) is 18.9 Å². The number of hydrogen-bond acceptors (Lipinski definition) is 4. The molecule has 3 aromatic heterocycles. The smallest absolute Gasteiger partial charge is 0.356 e. The maximum atomic E-state index is 12.8. The van der Waals surface area contributed by atoms with Gasteiger partial charge in [-0.15, -0.1) is 0 Å². The first-order valence-corrected chi connectivity index (χ1v) is 9.20. The van der Waals surface area contributed by atoms with Gasteiger partial charge in [-0.05, 0) is 37.1 Å². The third kappa shape index (κ3) is 4.00. The monoisotopic (exact) mass is 387 g/mol. The van der Waals surface area contributed by atoms with Crippen LogP contribution in [0.1, 0.15) is 35.8 Å². The largest absolute Gasteiger partial charge is 0.417 e. The Hall–Kier alpha value is -2.90. The Balaban J connectivity index is 1.50. The molecule has 0 saturated carbocycles. The number of hydrogen-bond donors (Lipinski definition) is 0. The Labute approximate surface area is 160 Å². The summed E-state index contributed by atoms with van der Waals surface area (Å²) in [6.45, 7) is 2.10. The molecule has 0 bridgehead atoms. The van der Waals surface area contributed by atoms with Crippen LogP contribution in [0.2, 0.25) is 0 Å². The van der Waals surface area contributed by atoms with Crippen molar-refractivity contribution < 1.29 is 13.2 Å². The molecular weight excluding hydrogens is 367 g/mol. The molecule has 0 unspecified atom stereocenters. The summed E-state index contributed by atoms with van der Waals surface area (Å²) in [5, 5.41) is 0. The number of piperidine rings is 1. The number of nitrogens with zero attached hydrogens (tertiary/aromatic N) is 5. The summed E-state index contributed by atoms with van der Waals surface area (Å²) in [5.74, 6) is 1.74. The number of rotatable bonds is 4. The summed E-state index contributed by atoms with van der Waals surface area (Å²) < 4.78 is 40.4. The molecule has 1 fully saturated rings. The van der Waals surface area contributed by atoms with E-state index < -0.39 is 11.7 Å². The van der Waals surface area contributed by atoms with Crippen LogP contribution < -0.4 is 4.90 Å². The number of imidazole rings is 1. The van der Waals surface area contributed by atoms with Crippen LogP contribution in [-0.4, -0.2) is 32.6 Å². The van der Waals surface area contributed by atoms with E-state index in [9.17, 15) is 13.2 Å². The molecule has 0 amide bonds. The van der Waals surface area contributed by atoms with Crippen molar-refractivity contribution in [3.8, 4) is 0 Å². The Bertz CT molecular complexity index is 906. The van der Waals surface area contributed by atoms with E-state index in [1.807, 2.05) is 29.3 Å². The van der Waals surface area contributed by atoms with Crippen molar-refractivity contribution in [2.45, 2.75) is 31.5 Å². The van der Waals surface area contributed by atoms with Crippen molar-refractivity contribution in [3.63, 3.8) is 0 Å². The van der Waals surface area contributed by atoms with Crippen LogP contribution in [-0.2, 0) is 12.7 Å². The molecule has 0 radical (unpaired) electrons. The summed E-state index contributed by atoms with van der Waals surface area (Å²) in [6.07, 6.45) is 3.95. The predicted molar refractivity (Wildman–Crippen MR) is 99.0 cm³/mol. The molecule has 28 heavy (non-hydrogen) atoms. The minimum Gasteiger partial charge on any atom is -0.356 e. The van der Waals surface area contributed by atoms with Gasteiger partial charge in [-0.1, -0.05) is 6.07 Å². The second kappa shape index (κ2) is 7.61. The zero-order chi connectivity index (χ0) is 19.6. The Kier molecular flexibility index (Phi) is 5.02. The third-order valence-corrected chi connectivity index (χ3v) is 4.99. The van der Waals surface area contributed by atoms with Gasteiger partial charge in [0.15, 0.2) is 0 Å². The van der Waals surface area contributed by atoms with Crippen LogP contribution in [0.4, 0.5) is 19.0 Å². The van der Waals surface area contributed by atoms with Gasteiger partial charge in [-0.3, -0.25) is 4.98 Å². The molecule has 1 aliphatic rings. The highest BCUT2D eigenvalue weighted by Gasteiger charge is 2.31. The van der Waals surface area contributed by atoms with Gasteiger partial charge < -0.3 is 9.47 Å². The van der Waals surface area contributed by atoms with Gasteiger partial charge in [0.05, 0.1) is 17.8 Å². The molecule has 146 valence electrons. The number of anilines is 1. The molecule has 5 nitrogen and oxygen atoms in total. The van der Waals surface area contributed by atoms with E-state index in [-0.39, 0.29) is 5.92 Å². The molecule has 0 aliphatic carbocycles. The molecule has 0 N–H and O–H groups in total. The topological polar surface area (TPSA) is 46.8 Å². The Morgan fingerprint density at radius 2 is 1.93 bits per heavy atom. The van der Waals surface area contributed by atoms with Gasteiger partial charge in [0.1, 0.15) is 11.6 Å². The van der Waals surface area contributed by atoms with Crippen molar-refractivity contribution in [3.05, 3.63) is 72.2 Å². The summed E-state index contributed by atoms with van der Waals surface area (Å²) in [6, 6.07) is 8.36. The predicted octanol–water partition coefficient (Wildman–Crippen LogP) is 4.12. The van der Waals surface area contributed by atoms with Gasteiger partial charge >= 0.3 is 6.18 Å². The van der Waals surface area contributed by atoms with Crippen molar-refractivity contribution in [2.24, 2.45) is 0 Å². The van der Waals surface area contributed by atoms with Gasteiger partial charge in [-0.25, -0.2) is 9.97 Å². The number of alkyl halides is 3. The normalized spacial score (nSPS) is 17.7. The maximum absolute atomic E-state index is 12.8. The van der Waals surface area contributed by atoms with Gasteiger partial charge in [0, 0.05) is 43.8 Å². The fraction of sp³-hybridized carbons (Fsp3) is 0.350. The van der Waals surface area contributed by atoms with E-state index >= 15 is 0 Å². The number of pyridine rings is 2. The Morgan fingerprint density at radius 3 is 2.64 bits per heavy atom. The molecule has 4 heterocycles. The van der Waals surface area contributed by atoms with Gasteiger partial charge in [0.25, 0.3) is 0 Å². The first kappa shape index (κ1) is 18.5. The average Bonchev–Trinajstić information content (AvgIpc) is 3.16. The standard InChI is InChI=1S/C20H20F3N5/c21-20(22,23)16-6-7-18(26-12-16)27-10-3-4-15(13-27)19-25-9-11-28(19)14-17-5-1-2-8-24-17/h1-2,5-9,11-12,15H,3-4,10,13-14H2/t15-/m0/s1. The zero-order valence-electron chi connectivity index (χ0n) is 15.2. The molecule has 1 atom stereocenters.